The summed E-state index contributed by atoms with van der Waals surface area (Å²) in [4.78, 5) is 8.57. The number of pyridine rings is 1. The number of nitrogens with zero attached hydrogens (tertiary/aromatic N) is 2. The molecule has 0 fully saturated rings. The van der Waals surface area contributed by atoms with Crippen LogP contribution in [-0.2, 0) is 6.42 Å². The Bertz CT molecular complexity index is 453. The lowest BCUT2D eigenvalue weighted by Crippen LogP contribution is -2.21. The van der Waals surface area contributed by atoms with E-state index in [1.165, 1.54) is 11.3 Å². The molecule has 1 atom stereocenters. The first-order valence-corrected chi connectivity index (χ1v) is 6.68. The number of nitrogens with one attached hydrogen (secondary N) is 1. The smallest absolute Gasteiger partial charge is 0.0897 e. The molecule has 3 nitrogen and oxygen atoms in total. The summed E-state index contributed by atoms with van der Waals surface area (Å²) in [6, 6.07) is 4.40. The van der Waals surface area contributed by atoms with Crippen LogP contribution in [0.3, 0.4) is 0 Å². The van der Waals surface area contributed by atoms with E-state index in [9.17, 15) is 0 Å². The van der Waals surface area contributed by atoms with Crippen molar-refractivity contribution < 1.29 is 0 Å². The minimum absolute atomic E-state index is 0.337. The van der Waals surface area contributed by atoms with Crippen LogP contribution in [0.25, 0.3) is 0 Å². The van der Waals surface area contributed by atoms with Crippen LogP contribution in [0, 0.1) is 6.92 Å². The molecule has 0 radical (unpaired) electrons. The van der Waals surface area contributed by atoms with Gasteiger partial charge in [-0.15, -0.1) is 11.3 Å². The van der Waals surface area contributed by atoms with Gasteiger partial charge in [0, 0.05) is 36.8 Å². The molecule has 4 heteroatoms. The van der Waals surface area contributed by atoms with E-state index < -0.39 is 0 Å². The Kier molecular flexibility index (Phi) is 4.23. The minimum atomic E-state index is 0.337. The molecule has 2 aromatic heterocycles. The van der Waals surface area contributed by atoms with Gasteiger partial charge in [-0.2, -0.15) is 0 Å². The Morgan fingerprint density at radius 1 is 1.47 bits per heavy atom. The quantitative estimate of drug-likeness (QED) is 0.883. The van der Waals surface area contributed by atoms with Crippen molar-refractivity contribution >= 4 is 11.3 Å². The van der Waals surface area contributed by atoms with Crippen LogP contribution in [0.2, 0.25) is 0 Å². The molecule has 1 N–H and O–H groups in total. The molecule has 0 saturated heterocycles. The Hall–Kier alpha value is -1.26. The van der Waals surface area contributed by atoms with E-state index in [0.717, 1.165) is 18.0 Å². The summed E-state index contributed by atoms with van der Waals surface area (Å²) in [5.74, 6) is 0. The summed E-state index contributed by atoms with van der Waals surface area (Å²) in [7, 11) is 0. The predicted molar refractivity (Wildman–Crippen MR) is 71.2 cm³/mol. The van der Waals surface area contributed by atoms with Crippen LogP contribution in [0.15, 0.2) is 29.9 Å². The Morgan fingerprint density at radius 3 is 3.00 bits per heavy atom. The minimum Gasteiger partial charge on any atom is -0.310 e. The predicted octanol–water partition coefficient (Wildman–Crippen LogP) is 2.74. The third-order valence-corrected chi connectivity index (χ3v) is 3.50. The fraction of sp³-hybridized carbons (Fsp3) is 0.385. The van der Waals surface area contributed by atoms with E-state index in [-0.39, 0.29) is 0 Å². The Labute approximate surface area is 106 Å². The highest BCUT2D eigenvalue weighted by Crippen LogP contribution is 2.11. The maximum Gasteiger partial charge on any atom is 0.0897 e. The van der Waals surface area contributed by atoms with Gasteiger partial charge in [-0.05, 0) is 25.5 Å². The average molecular weight is 247 g/mol. The zero-order valence-electron chi connectivity index (χ0n) is 10.2. The van der Waals surface area contributed by atoms with Crippen molar-refractivity contribution in [3.05, 3.63) is 46.2 Å². The highest BCUT2D eigenvalue weighted by molar-refractivity contribution is 7.09. The first-order valence-electron chi connectivity index (χ1n) is 5.80. The number of aromatic nitrogens is 2. The van der Waals surface area contributed by atoms with E-state index in [2.05, 4.69) is 33.7 Å². The van der Waals surface area contributed by atoms with Crippen LogP contribution < -0.4 is 5.32 Å². The van der Waals surface area contributed by atoms with E-state index in [4.69, 9.17) is 0 Å². The fourth-order valence-corrected chi connectivity index (χ4v) is 2.34. The van der Waals surface area contributed by atoms with Crippen molar-refractivity contribution in [1.82, 2.24) is 15.3 Å². The van der Waals surface area contributed by atoms with Gasteiger partial charge in [-0.1, -0.05) is 6.07 Å². The molecule has 2 aromatic rings. The van der Waals surface area contributed by atoms with Crippen LogP contribution in [0.5, 0.6) is 0 Å². The van der Waals surface area contributed by atoms with Crippen molar-refractivity contribution in [2.45, 2.75) is 26.3 Å². The second-order valence-electron chi connectivity index (χ2n) is 4.07. The van der Waals surface area contributed by atoms with Crippen molar-refractivity contribution in [1.29, 1.82) is 0 Å². The second kappa shape index (κ2) is 5.89. The number of thiazole rings is 1. The largest absolute Gasteiger partial charge is 0.310 e. The first kappa shape index (κ1) is 12.2. The molecule has 0 aliphatic carbocycles. The summed E-state index contributed by atoms with van der Waals surface area (Å²) in [5.41, 5.74) is 2.40. The number of aryl methyl sites for hydroxylation is 1. The molecule has 0 aliphatic heterocycles. The van der Waals surface area contributed by atoms with Crippen molar-refractivity contribution in [2.75, 3.05) is 6.54 Å². The molecule has 17 heavy (non-hydrogen) atoms. The van der Waals surface area contributed by atoms with Crippen LogP contribution >= 0.6 is 11.3 Å². The molecule has 0 bridgehead atoms. The van der Waals surface area contributed by atoms with E-state index in [1.807, 2.05) is 19.2 Å². The number of hydrogen-bond donors (Lipinski definition) is 1. The molecule has 90 valence electrons. The molecule has 0 spiro atoms. The standard InChI is InChI=1S/C13H17N3S/c1-10(12-4-3-6-14-8-12)15-7-5-13-9-17-11(2)16-13/h3-4,6,8-10,15H,5,7H2,1-2H3. The van der Waals surface area contributed by atoms with Gasteiger partial charge in [0.1, 0.15) is 0 Å². The van der Waals surface area contributed by atoms with Gasteiger partial charge in [-0.3, -0.25) is 4.98 Å². The van der Waals surface area contributed by atoms with Crippen molar-refractivity contribution in [3.63, 3.8) is 0 Å². The Morgan fingerprint density at radius 2 is 2.35 bits per heavy atom. The zero-order valence-corrected chi connectivity index (χ0v) is 11.0. The van der Waals surface area contributed by atoms with Gasteiger partial charge in [-0.25, -0.2) is 4.98 Å². The molecule has 0 aliphatic rings. The third-order valence-electron chi connectivity index (χ3n) is 2.68. The van der Waals surface area contributed by atoms with Gasteiger partial charge in [0.15, 0.2) is 0 Å². The Balaban J connectivity index is 1.79. The molecule has 2 heterocycles. The molecule has 2 rings (SSSR count). The van der Waals surface area contributed by atoms with Crippen LogP contribution in [0.1, 0.15) is 29.2 Å². The van der Waals surface area contributed by atoms with Gasteiger partial charge < -0.3 is 5.32 Å². The lowest BCUT2D eigenvalue weighted by molar-refractivity contribution is 0.573. The summed E-state index contributed by atoms with van der Waals surface area (Å²) in [6.45, 7) is 5.14. The lowest BCUT2D eigenvalue weighted by atomic mass is 10.1. The summed E-state index contributed by atoms with van der Waals surface area (Å²) in [6.07, 6.45) is 4.69. The second-order valence-corrected chi connectivity index (χ2v) is 5.13. The van der Waals surface area contributed by atoms with Crippen LogP contribution in [0.4, 0.5) is 0 Å². The summed E-state index contributed by atoms with van der Waals surface area (Å²) < 4.78 is 0. The van der Waals surface area contributed by atoms with Crippen molar-refractivity contribution in [2.24, 2.45) is 0 Å². The lowest BCUT2D eigenvalue weighted by Gasteiger charge is -2.12. The van der Waals surface area contributed by atoms with E-state index in [0.29, 0.717) is 6.04 Å². The normalized spacial score (nSPS) is 12.6. The zero-order chi connectivity index (χ0) is 12.1. The number of rotatable bonds is 5. The maximum atomic E-state index is 4.45. The topological polar surface area (TPSA) is 37.8 Å². The van der Waals surface area contributed by atoms with Gasteiger partial charge in [0.25, 0.3) is 0 Å². The SMILES string of the molecule is Cc1nc(CCNC(C)c2cccnc2)cs1. The monoisotopic (exact) mass is 247 g/mol. The average Bonchev–Trinajstić information content (AvgIpc) is 2.76. The van der Waals surface area contributed by atoms with Gasteiger partial charge in [0.05, 0.1) is 10.7 Å². The van der Waals surface area contributed by atoms with Crippen molar-refractivity contribution in [3.8, 4) is 0 Å². The highest BCUT2D eigenvalue weighted by Gasteiger charge is 2.04. The number of hydrogen-bond acceptors (Lipinski definition) is 4. The van der Waals surface area contributed by atoms with Gasteiger partial charge >= 0.3 is 0 Å². The molecular formula is C13H17N3S. The highest BCUT2D eigenvalue weighted by atomic mass is 32.1. The summed E-state index contributed by atoms with van der Waals surface area (Å²) >= 11 is 1.71. The van der Waals surface area contributed by atoms with Gasteiger partial charge in [0.2, 0.25) is 0 Å². The molecule has 0 amide bonds. The summed E-state index contributed by atoms with van der Waals surface area (Å²) in [5, 5.41) is 6.75. The third kappa shape index (κ3) is 3.61. The molecule has 1 unspecified atom stereocenters. The van der Waals surface area contributed by atoms with E-state index >= 15 is 0 Å². The first-order chi connectivity index (χ1) is 8.25. The van der Waals surface area contributed by atoms with Crippen LogP contribution in [-0.4, -0.2) is 16.5 Å². The molecule has 0 saturated carbocycles. The molecular weight excluding hydrogens is 230 g/mol. The maximum absolute atomic E-state index is 4.45. The fourth-order valence-electron chi connectivity index (χ4n) is 1.69. The molecule has 0 aromatic carbocycles. The van der Waals surface area contributed by atoms with E-state index in [1.54, 1.807) is 17.5 Å².